The van der Waals surface area contributed by atoms with Crippen molar-refractivity contribution >= 4 is 27.4 Å². The van der Waals surface area contributed by atoms with Gasteiger partial charge >= 0.3 is 0 Å². The van der Waals surface area contributed by atoms with E-state index in [0.717, 1.165) is 11.4 Å². The number of nitrogens with zero attached hydrogens (tertiary/aromatic N) is 3. The van der Waals surface area contributed by atoms with Crippen molar-refractivity contribution in [3.63, 3.8) is 0 Å². The van der Waals surface area contributed by atoms with Crippen LogP contribution in [0.4, 0.5) is 4.39 Å². The number of rotatable bonds is 6. The van der Waals surface area contributed by atoms with E-state index in [0.29, 0.717) is 28.5 Å². The van der Waals surface area contributed by atoms with Crippen molar-refractivity contribution in [2.45, 2.75) is 31.5 Å². The molecule has 3 heterocycles. The van der Waals surface area contributed by atoms with Crippen molar-refractivity contribution in [3.05, 3.63) is 53.1 Å². The molecule has 1 aliphatic heterocycles. The molecule has 1 atom stereocenters. The average Bonchev–Trinajstić information content (AvgIpc) is 3.38. The van der Waals surface area contributed by atoms with Crippen molar-refractivity contribution in [1.29, 1.82) is 0 Å². The van der Waals surface area contributed by atoms with Crippen LogP contribution >= 0.6 is 11.8 Å². The molecule has 0 radical (unpaired) electrons. The number of aryl methyl sites for hydroxylation is 1. The van der Waals surface area contributed by atoms with Gasteiger partial charge in [-0.15, -0.1) is 5.10 Å². The molecule has 0 bridgehead atoms. The molecular weight excluding hydrogens is 427 g/mol. The largest absolute Gasteiger partial charge is 0.344 e. The maximum absolute atomic E-state index is 13.9. The third kappa shape index (κ3) is 4.06. The summed E-state index contributed by atoms with van der Waals surface area (Å²) < 4.78 is 39.5. The smallest absolute Gasteiger partial charge is 0.209 e. The lowest BCUT2D eigenvalue weighted by Gasteiger charge is -2.16. The molecule has 30 heavy (non-hydrogen) atoms. The molecule has 0 amide bonds. The second-order valence-corrected chi connectivity index (χ2v) is 10.5. The fourth-order valence-corrected chi connectivity index (χ4v) is 6.27. The molecule has 4 rings (SSSR count). The van der Waals surface area contributed by atoms with E-state index < -0.39 is 15.7 Å². The lowest BCUT2D eigenvalue weighted by atomic mass is 10.2. The van der Waals surface area contributed by atoms with Crippen LogP contribution in [0.5, 0.6) is 0 Å². The van der Waals surface area contributed by atoms with Crippen molar-refractivity contribution in [3.8, 4) is 11.4 Å². The summed E-state index contributed by atoms with van der Waals surface area (Å²) in [5.41, 5.74) is 2.55. The van der Waals surface area contributed by atoms with E-state index in [2.05, 4.69) is 15.2 Å². The first-order valence-electron chi connectivity index (χ1n) is 9.47. The molecule has 2 aromatic heterocycles. The van der Waals surface area contributed by atoms with Gasteiger partial charge in [0, 0.05) is 23.0 Å². The molecule has 158 valence electrons. The summed E-state index contributed by atoms with van der Waals surface area (Å²) in [6.07, 6.45) is 0.567. The first-order valence-corrected chi connectivity index (χ1v) is 12.3. The van der Waals surface area contributed by atoms with E-state index in [1.165, 1.54) is 17.8 Å². The fraction of sp³-hybridized carbons (Fsp3) is 0.350. The molecule has 0 saturated carbocycles. The molecule has 1 saturated heterocycles. The molecule has 1 fully saturated rings. The number of aromatic amines is 1. The summed E-state index contributed by atoms with van der Waals surface area (Å²) in [6, 6.07) is 7.95. The van der Waals surface area contributed by atoms with Crippen LogP contribution in [0, 0.1) is 19.7 Å². The van der Waals surface area contributed by atoms with Gasteiger partial charge in [0.05, 0.1) is 22.8 Å². The number of carbonyl (C=O) groups is 1. The molecule has 3 aromatic rings. The van der Waals surface area contributed by atoms with Gasteiger partial charge in [-0.05, 0) is 38.5 Å². The second kappa shape index (κ2) is 7.99. The highest BCUT2D eigenvalue weighted by Crippen LogP contribution is 2.30. The molecule has 0 aliphatic carbocycles. The van der Waals surface area contributed by atoms with Crippen LogP contribution in [-0.4, -0.2) is 51.2 Å². The topological polar surface area (TPSA) is 97.7 Å². The minimum Gasteiger partial charge on any atom is -0.344 e. The fourth-order valence-electron chi connectivity index (χ4n) is 3.89. The zero-order chi connectivity index (χ0) is 21.5. The minimum atomic E-state index is -3.01. The Morgan fingerprint density at radius 3 is 2.80 bits per heavy atom. The number of hydrogen-bond acceptors (Lipinski definition) is 6. The van der Waals surface area contributed by atoms with Gasteiger partial charge in [-0.2, -0.15) is 0 Å². The lowest BCUT2D eigenvalue weighted by Crippen LogP contribution is -2.14. The summed E-state index contributed by atoms with van der Waals surface area (Å²) in [4.78, 5) is 17.1. The van der Waals surface area contributed by atoms with Crippen molar-refractivity contribution in [2.75, 3.05) is 17.3 Å². The lowest BCUT2D eigenvalue weighted by molar-refractivity contribution is 0.102. The molecule has 1 aliphatic rings. The monoisotopic (exact) mass is 448 g/mol. The Morgan fingerprint density at radius 2 is 2.10 bits per heavy atom. The van der Waals surface area contributed by atoms with E-state index in [9.17, 15) is 17.6 Å². The van der Waals surface area contributed by atoms with Crippen molar-refractivity contribution < 1.29 is 17.6 Å². The standard InChI is InChI=1S/C20H21FN4O3S2/c1-12-9-16(13(2)25(12)14-7-8-30(27,28)11-14)18(26)10-29-20-22-19(23-24-20)15-5-3-4-6-17(15)21/h3-6,9,14H,7-8,10-11H2,1-2H3,(H,22,23,24). The highest BCUT2D eigenvalue weighted by molar-refractivity contribution is 7.99. The Labute approximate surface area is 178 Å². The molecular formula is C20H21FN4O3S2. The molecule has 1 unspecified atom stereocenters. The summed E-state index contributed by atoms with van der Waals surface area (Å²) >= 11 is 1.17. The Morgan fingerprint density at radius 1 is 1.33 bits per heavy atom. The molecule has 1 N–H and O–H groups in total. The van der Waals surface area contributed by atoms with Crippen molar-refractivity contribution in [1.82, 2.24) is 19.7 Å². The Hall–Kier alpha value is -2.46. The van der Waals surface area contributed by atoms with E-state index >= 15 is 0 Å². The van der Waals surface area contributed by atoms with E-state index in [1.807, 2.05) is 24.5 Å². The molecule has 10 heteroatoms. The number of halogens is 1. The van der Waals surface area contributed by atoms with E-state index in [1.54, 1.807) is 18.2 Å². The highest BCUT2D eigenvalue weighted by atomic mass is 32.2. The van der Waals surface area contributed by atoms with E-state index in [4.69, 9.17) is 0 Å². The van der Waals surface area contributed by atoms with Crippen LogP contribution in [-0.2, 0) is 9.84 Å². The van der Waals surface area contributed by atoms with Crippen LogP contribution in [0.2, 0.25) is 0 Å². The minimum absolute atomic E-state index is 0.0857. The number of benzene rings is 1. The van der Waals surface area contributed by atoms with Crippen LogP contribution in [0.3, 0.4) is 0 Å². The highest BCUT2D eigenvalue weighted by Gasteiger charge is 2.31. The number of sulfone groups is 1. The average molecular weight is 449 g/mol. The Kier molecular flexibility index (Phi) is 5.54. The van der Waals surface area contributed by atoms with Crippen LogP contribution in [0.25, 0.3) is 11.4 Å². The van der Waals surface area contributed by atoms with Crippen LogP contribution in [0.15, 0.2) is 35.5 Å². The third-order valence-electron chi connectivity index (χ3n) is 5.28. The van der Waals surface area contributed by atoms with Gasteiger partial charge in [0.15, 0.2) is 21.4 Å². The first-order chi connectivity index (χ1) is 14.2. The zero-order valence-electron chi connectivity index (χ0n) is 16.6. The maximum Gasteiger partial charge on any atom is 0.209 e. The summed E-state index contributed by atoms with van der Waals surface area (Å²) in [5.74, 6) is 0.246. The van der Waals surface area contributed by atoms with Gasteiger partial charge in [-0.25, -0.2) is 17.8 Å². The summed E-state index contributed by atoms with van der Waals surface area (Å²) in [7, 11) is -3.01. The molecule has 1 aromatic carbocycles. The molecule has 7 nitrogen and oxygen atoms in total. The summed E-state index contributed by atoms with van der Waals surface area (Å²) in [6.45, 7) is 3.73. The van der Waals surface area contributed by atoms with Crippen molar-refractivity contribution in [2.24, 2.45) is 0 Å². The SMILES string of the molecule is Cc1cc(C(=O)CSc2n[nH]c(-c3ccccc3F)n2)c(C)n1C1CCS(=O)(=O)C1. The number of Topliss-reactive ketones (excluding diaryl/α,β-unsaturated/α-hetero) is 1. The normalized spacial score (nSPS) is 18.0. The second-order valence-electron chi connectivity index (χ2n) is 7.37. The number of nitrogens with one attached hydrogen (secondary N) is 1. The van der Waals surface area contributed by atoms with Crippen LogP contribution in [0.1, 0.15) is 34.2 Å². The van der Waals surface area contributed by atoms with Crippen LogP contribution < -0.4 is 0 Å². The number of ketones is 1. The number of hydrogen-bond donors (Lipinski definition) is 1. The van der Waals surface area contributed by atoms with Gasteiger partial charge in [0.2, 0.25) is 5.16 Å². The van der Waals surface area contributed by atoms with Gasteiger partial charge < -0.3 is 4.57 Å². The number of thioether (sulfide) groups is 1. The summed E-state index contributed by atoms with van der Waals surface area (Å²) in [5, 5.41) is 7.12. The van der Waals surface area contributed by atoms with E-state index in [-0.39, 0.29) is 29.1 Å². The predicted molar refractivity (Wildman–Crippen MR) is 113 cm³/mol. The first kappa shape index (κ1) is 20.8. The quantitative estimate of drug-likeness (QED) is 0.459. The zero-order valence-corrected chi connectivity index (χ0v) is 18.2. The number of H-pyrrole nitrogens is 1. The van der Waals surface area contributed by atoms with Gasteiger partial charge in [0.25, 0.3) is 0 Å². The predicted octanol–water partition coefficient (Wildman–Crippen LogP) is 3.36. The number of carbonyl (C=O) groups excluding carboxylic acids is 1. The Balaban J connectivity index is 1.47. The molecule has 0 spiro atoms. The maximum atomic E-state index is 13.9. The van der Waals surface area contributed by atoms with Gasteiger partial charge in [-0.3, -0.25) is 9.89 Å². The van der Waals surface area contributed by atoms with Gasteiger partial charge in [-0.1, -0.05) is 23.9 Å². The number of aromatic nitrogens is 4. The Bertz CT molecular complexity index is 1220. The third-order valence-corrected chi connectivity index (χ3v) is 7.88. The van der Waals surface area contributed by atoms with Gasteiger partial charge in [0.1, 0.15) is 5.82 Å².